The number of phenolic OH excluding ortho intramolecular Hbond substituents is 2. The number of hydrazone groups is 1. The van der Waals surface area contributed by atoms with E-state index < -0.39 is 22.1 Å². The van der Waals surface area contributed by atoms with E-state index >= 15 is 0 Å². The zero-order chi connectivity index (χ0) is 10.7. The second kappa shape index (κ2) is 3.60. The number of nitrogens with two attached hydrogens (primary N) is 1. The molecule has 0 heterocycles. The molecule has 1 aromatic carbocycles. The highest BCUT2D eigenvalue weighted by atomic mass is 16.6. The van der Waals surface area contributed by atoms with Crippen LogP contribution in [0.3, 0.4) is 0 Å². The van der Waals surface area contributed by atoms with E-state index in [9.17, 15) is 10.1 Å². The number of nitro groups is 1. The summed E-state index contributed by atoms with van der Waals surface area (Å²) in [6.07, 6.45) is 1.12. The van der Waals surface area contributed by atoms with Gasteiger partial charge in [-0.05, 0) is 6.07 Å². The van der Waals surface area contributed by atoms with Gasteiger partial charge in [0, 0.05) is 11.6 Å². The normalized spacial score (nSPS) is 10.6. The summed E-state index contributed by atoms with van der Waals surface area (Å²) in [7, 11) is 0. The standard InChI is InChI=1S/C7H7N3O4/c8-9-3-4-1-5(10(13)14)7(12)6(11)2-4/h1-3,11-12H,8H2. The van der Waals surface area contributed by atoms with Crippen molar-refractivity contribution in [2.75, 3.05) is 0 Å². The van der Waals surface area contributed by atoms with Gasteiger partial charge in [0.25, 0.3) is 0 Å². The van der Waals surface area contributed by atoms with E-state index in [1.165, 1.54) is 0 Å². The van der Waals surface area contributed by atoms with Crippen LogP contribution in [0.4, 0.5) is 5.69 Å². The molecular weight excluding hydrogens is 190 g/mol. The second-order valence-corrected chi connectivity index (χ2v) is 2.44. The fourth-order valence-electron chi connectivity index (χ4n) is 0.925. The fourth-order valence-corrected chi connectivity index (χ4v) is 0.925. The van der Waals surface area contributed by atoms with Crippen LogP contribution in [0.25, 0.3) is 0 Å². The van der Waals surface area contributed by atoms with E-state index in [4.69, 9.17) is 16.1 Å². The van der Waals surface area contributed by atoms with Crippen LogP contribution in [-0.4, -0.2) is 21.4 Å². The Morgan fingerprint density at radius 1 is 1.50 bits per heavy atom. The van der Waals surface area contributed by atoms with Gasteiger partial charge in [-0.25, -0.2) is 0 Å². The van der Waals surface area contributed by atoms with Crippen LogP contribution < -0.4 is 5.84 Å². The van der Waals surface area contributed by atoms with Crippen molar-refractivity contribution >= 4 is 11.9 Å². The van der Waals surface area contributed by atoms with Gasteiger partial charge in [-0.2, -0.15) is 5.10 Å². The second-order valence-electron chi connectivity index (χ2n) is 2.44. The maximum absolute atomic E-state index is 10.4. The maximum Gasteiger partial charge on any atom is 0.315 e. The van der Waals surface area contributed by atoms with Gasteiger partial charge in [-0.15, -0.1) is 0 Å². The molecule has 1 aromatic rings. The smallest absolute Gasteiger partial charge is 0.315 e. The largest absolute Gasteiger partial charge is 0.504 e. The van der Waals surface area contributed by atoms with E-state index in [1.807, 2.05) is 0 Å². The Morgan fingerprint density at radius 2 is 2.14 bits per heavy atom. The molecule has 74 valence electrons. The van der Waals surface area contributed by atoms with Crippen LogP contribution in [0, 0.1) is 10.1 Å². The van der Waals surface area contributed by atoms with Crippen molar-refractivity contribution in [1.82, 2.24) is 0 Å². The summed E-state index contributed by atoms with van der Waals surface area (Å²) < 4.78 is 0. The van der Waals surface area contributed by atoms with Crippen molar-refractivity contribution in [2.45, 2.75) is 0 Å². The molecule has 0 aliphatic rings. The SMILES string of the molecule is NN=Cc1cc(O)c(O)c([N+](=O)[O-])c1. The highest BCUT2D eigenvalue weighted by molar-refractivity contribution is 5.82. The summed E-state index contributed by atoms with van der Waals surface area (Å²) in [6, 6.07) is 2.16. The molecule has 4 N–H and O–H groups in total. The number of rotatable bonds is 2. The van der Waals surface area contributed by atoms with Crippen LogP contribution in [0.15, 0.2) is 17.2 Å². The predicted molar refractivity (Wildman–Crippen MR) is 48.2 cm³/mol. The van der Waals surface area contributed by atoms with Gasteiger partial charge in [-0.3, -0.25) is 10.1 Å². The number of hydrogen-bond acceptors (Lipinski definition) is 6. The van der Waals surface area contributed by atoms with Gasteiger partial charge in [-0.1, -0.05) is 0 Å². The van der Waals surface area contributed by atoms with E-state index in [2.05, 4.69) is 5.10 Å². The lowest BCUT2D eigenvalue weighted by molar-refractivity contribution is -0.386. The lowest BCUT2D eigenvalue weighted by Crippen LogP contribution is -1.92. The summed E-state index contributed by atoms with van der Waals surface area (Å²) in [6.45, 7) is 0. The van der Waals surface area contributed by atoms with Crippen molar-refractivity contribution in [3.63, 3.8) is 0 Å². The Kier molecular flexibility index (Phi) is 2.52. The number of hydrogen-bond donors (Lipinski definition) is 3. The lowest BCUT2D eigenvalue weighted by Gasteiger charge is -2.00. The van der Waals surface area contributed by atoms with Gasteiger partial charge >= 0.3 is 5.69 Å². The number of aromatic hydroxyl groups is 2. The van der Waals surface area contributed by atoms with Crippen LogP contribution >= 0.6 is 0 Å². The van der Waals surface area contributed by atoms with Crippen molar-refractivity contribution in [1.29, 1.82) is 0 Å². The molecule has 7 heteroatoms. The first kappa shape index (κ1) is 9.78. The Balaban J connectivity index is 3.35. The maximum atomic E-state index is 10.4. The fraction of sp³-hybridized carbons (Fsp3) is 0. The molecule has 0 saturated carbocycles. The van der Waals surface area contributed by atoms with Crippen LogP contribution in [0.2, 0.25) is 0 Å². The Labute approximate surface area is 78.2 Å². The molecule has 1 rings (SSSR count). The zero-order valence-corrected chi connectivity index (χ0v) is 6.91. The zero-order valence-electron chi connectivity index (χ0n) is 6.91. The Hall–Kier alpha value is -2.31. The first-order chi connectivity index (χ1) is 6.56. The minimum atomic E-state index is -0.817. The quantitative estimate of drug-likeness (QED) is 0.207. The Bertz CT molecular complexity index is 402. The van der Waals surface area contributed by atoms with E-state index in [1.54, 1.807) is 0 Å². The molecule has 0 fully saturated rings. The van der Waals surface area contributed by atoms with Gasteiger partial charge < -0.3 is 16.1 Å². The third-order valence-electron chi connectivity index (χ3n) is 1.51. The van der Waals surface area contributed by atoms with Gasteiger partial charge in [0.15, 0.2) is 5.75 Å². The molecule has 0 bridgehead atoms. The lowest BCUT2D eigenvalue weighted by atomic mass is 10.2. The van der Waals surface area contributed by atoms with Crippen molar-refractivity contribution in [2.24, 2.45) is 10.9 Å². The molecule has 0 radical (unpaired) electrons. The predicted octanol–water partition coefficient (Wildman–Crippen LogP) is 0.299. The molecule has 0 unspecified atom stereocenters. The molecule has 14 heavy (non-hydrogen) atoms. The molecule has 0 saturated heterocycles. The molecule has 0 aliphatic carbocycles. The van der Waals surface area contributed by atoms with E-state index in [0.717, 1.165) is 18.3 Å². The highest BCUT2D eigenvalue weighted by Crippen LogP contribution is 2.35. The van der Waals surface area contributed by atoms with Gasteiger partial charge in [0.2, 0.25) is 5.75 Å². The Morgan fingerprint density at radius 3 is 2.64 bits per heavy atom. The summed E-state index contributed by atoms with van der Waals surface area (Å²) in [5, 5.41) is 31.7. The van der Waals surface area contributed by atoms with Gasteiger partial charge in [0.05, 0.1) is 11.1 Å². The minimum Gasteiger partial charge on any atom is -0.504 e. The molecule has 0 spiro atoms. The molecule has 0 aromatic heterocycles. The van der Waals surface area contributed by atoms with Gasteiger partial charge in [0.1, 0.15) is 0 Å². The average molecular weight is 197 g/mol. The first-order valence-corrected chi connectivity index (χ1v) is 3.50. The van der Waals surface area contributed by atoms with Crippen LogP contribution in [-0.2, 0) is 0 Å². The van der Waals surface area contributed by atoms with Crippen molar-refractivity contribution < 1.29 is 15.1 Å². The topological polar surface area (TPSA) is 122 Å². The minimum absolute atomic E-state index is 0.231. The summed E-state index contributed by atoms with van der Waals surface area (Å²) in [4.78, 5) is 9.57. The van der Waals surface area contributed by atoms with Crippen LogP contribution in [0.5, 0.6) is 11.5 Å². The summed E-state index contributed by atoms with van der Waals surface area (Å²) in [5.74, 6) is 3.47. The number of nitro benzene ring substituents is 1. The van der Waals surface area contributed by atoms with E-state index in [0.29, 0.717) is 0 Å². The molecular formula is C7H7N3O4. The molecule has 0 atom stereocenters. The highest BCUT2D eigenvalue weighted by Gasteiger charge is 2.17. The third kappa shape index (κ3) is 1.71. The first-order valence-electron chi connectivity index (χ1n) is 3.50. The van der Waals surface area contributed by atoms with Crippen molar-refractivity contribution in [3.8, 4) is 11.5 Å². The molecule has 0 amide bonds. The monoisotopic (exact) mass is 197 g/mol. The molecule has 0 aliphatic heterocycles. The molecule has 7 nitrogen and oxygen atoms in total. The van der Waals surface area contributed by atoms with E-state index in [-0.39, 0.29) is 5.56 Å². The summed E-state index contributed by atoms with van der Waals surface area (Å²) in [5.41, 5.74) is -0.366. The third-order valence-corrected chi connectivity index (χ3v) is 1.51. The summed E-state index contributed by atoms with van der Waals surface area (Å²) >= 11 is 0. The number of nitrogens with zero attached hydrogens (tertiary/aromatic N) is 2. The number of phenols is 2. The number of benzene rings is 1. The average Bonchev–Trinajstić information content (AvgIpc) is 2.11. The van der Waals surface area contributed by atoms with Crippen LogP contribution in [0.1, 0.15) is 5.56 Å². The van der Waals surface area contributed by atoms with Crippen molar-refractivity contribution in [3.05, 3.63) is 27.8 Å².